The van der Waals surface area contributed by atoms with Gasteiger partial charge in [0.25, 0.3) is 0 Å². The number of furan rings is 1. The molecule has 1 aromatic carbocycles. The first-order chi connectivity index (χ1) is 12.7. The van der Waals surface area contributed by atoms with E-state index in [1.54, 1.807) is 0 Å². The number of guanidine groups is 1. The van der Waals surface area contributed by atoms with Crippen LogP contribution in [0.1, 0.15) is 35.1 Å². The van der Waals surface area contributed by atoms with E-state index in [0.29, 0.717) is 30.2 Å². The fraction of sp³-hybridized carbons (Fsp3) is 0.421. The Morgan fingerprint density at radius 3 is 2.48 bits per heavy atom. The van der Waals surface area contributed by atoms with Gasteiger partial charge in [-0.05, 0) is 50.1 Å². The molecule has 0 atom stereocenters. The first-order valence-electron chi connectivity index (χ1n) is 8.71. The lowest BCUT2D eigenvalue weighted by molar-refractivity contribution is 0.501. The summed E-state index contributed by atoms with van der Waals surface area (Å²) in [7, 11) is -3.22. The molecule has 2 rings (SSSR count). The molecule has 0 saturated carbocycles. The third kappa shape index (κ3) is 6.71. The number of sulfone groups is 1. The SMILES string of the molecule is CCNC(=NCc1cc(C)oc1C)NCc1cc(F)ccc1CS(C)(=O)=O. The zero-order chi connectivity index (χ0) is 20.0. The number of benzene rings is 1. The van der Waals surface area contributed by atoms with E-state index in [-0.39, 0.29) is 12.3 Å². The number of nitrogens with one attached hydrogen (secondary N) is 2. The van der Waals surface area contributed by atoms with E-state index >= 15 is 0 Å². The van der Waals surface area contributed by atoms with Gasteiger partial charge in [-0.1, -0.05) is 6.07 Å². The highest BCUT2D eigenvalue weighted by molar-refractivity contribution is 7.89. The highest BCUT2D eigenvalue weighted by atomic mass is 32.2. The minimum atomic E-state index is -3.22. The van der Waals surface area contributed by atoms with Crippen LogP contribution < -0.4 is 10.6 Å². The van der Waals surface area contributed by atoms with Gasteiger partial charge in [0.05, 0.1) is 12.3 Å². The molecule has 0 saturated heterocycles. The monoisotopic (exact) mass is 395 g/mol. The third-order valence-corrected chi connectivity index (χ3v) is 4.76. The Labute approximate surface area is 159 Å². The van der Waals surface area contributed by atoms with Crippen LogP contribution in [0.3, 0.4) is 0 Å². The van der Waals surface area contributed by atoms with E-state index in [1.807, 2.05) is 26.8 Å². The van der Waals surface area contributed by atoms with Gasteiger partial charge in [-0.2, -0.15) is 0 Å². The lowest BCUT2D eigenvalue weighted by Gasteiger charge is -2.14. The summed E-state index contributed by atoms with van der Waals surface area (Å²) in [5, 5.41) is 6.26. The Hall–Kier alpha value is -2.35. The van der Waals surface area contributed by atoms with Crippen molar-refractivity contribution < 1.29 is 17.2 Å². The smallest absolute Gasteiger partial charge is 0.191 e. The summed E-state index contributed by atoms with van der Waals surface area (Å²) in [4.78, 5) is 4.52. The second-order valence-corrected chi connectivity index (χ2v) is 8.61. The lowest BCUT2D eigenvalue weighted by atomic mass is 10.1. The first kappa shape index (κ1) is 21.0. The maximum Gasteiger partial charge on any atom is 0.191 e. The molecule has 0 bridgehead atoms. The van der Waals surface area contributed by atoms with Gasteiger partial charge in [-0.3, -0.25) is 0 Å². The predicted octanol–water partition coefficient (Wildman–Crippen LogP) is 2.84. The van der Waals surface area contributed by atoms with Crippen LogP contribution in [0.4, 0.5) is 4.39 Å². The third-order valence-electron chi connectivity index (χ3n) is 3.93. The Balaban J connectivity index is 2.14. The summed E-state index contributed by atoms with van der Waals surface area (Å²) in [6.07, 6.45) is 1.16. The van der Waals surface area contributed by atoms with Crippen LogP contribution >= 0.6 is 0 Å². The molecule has 0 fully saturated rings. The molecule has 8 heteroatoms. The maximum absolute atomic E-state index is 13.6. The van der Waals surface area contributed by atoms with Gasteiger partial charge in [-0.25, -0.2) is 17.8 Å². The van der Waals surface area contributed by atoms with Gasteiger partial charge in [0, 0.05) is 24.9 Å². The molecule has 1 aromatic heterocycles. The second kappa shape index (κ2) is 9.03. The first-order valence-corrected chi connectivity index (χ1v) is 10.8. The van der Waals surface area contributed by atoms with Crippen LogP contribution in [-0.4, -0.2) is 27.2 Å². The molecule has 0 aliphatic rings. The highest BCUT2D eigenvalue weighted by Crippen LogP contribution is 2.16. The standard InChI is InChI=1S/C19H26FN3O3S/c1-5-21-19(22-10-16-8-13(2)26-14(16)3)23-11-17-9-18(20)7-6-15(17)12-27(4,24)25/h6-9H,5,10-12H2,1-4H3,(H2,21,22,23). The number of aliphatic imine (C=N–C) groups is 1. The van der Waals surface area contributed by atoms with Crippen molar-refractivity contribution in [2.24, 2.45) is 4.99 Å². The van der Waals surface area contributed by atoms with Gasteiger partial charge >= 0.3 is 0 Å². The maximum atomic E-state index is 13.6. The Kier molecular flexibility index (Phi) is 7.01. The summed E-state index contributed by atoms with van der Waals surface area (Å²) < 4.78 is 42.4. The Morgan fingerprint density at radius 1 is 1.15 bits per heavy atom. The molecule has 2 N–H and O–H groups in total. The van der Waals surface area contributed by atoms with E-state index in [9.17, 15) is 12.8 Å². The normalized spacial score (nSPS) is 12.3. The van der Waals surface area contributed by atoms with Crippen molar-refractivity contribution in [3.05, 3.63) is 58.3 Å². The molecule has 2 aromatic rings. The second-order valence-electron chi connectivity index (χ2n) is 6.47. The fourth-order valence-electron chi connectivity index (χ4n) is 2.71. The Bertz CT molecular complexity index is 920. The molecule has 1 heterocycles. The van der Waals surface area contributed by atoms with E-state index in [1.165, 1.54) is 18.2 Å². The van der Waals surface area contributed by atoms with Crippen molar-refractivity contribution in [1.29, 1.82) is 0 Å². The Morgan fingerprint density at radius 2 is 1.89 bits per heavy atom. The molecule has 27 heavy (non-hydrogen) atoms. The van der Waals surface area contributed by atoms with Crippen molar-refractivity contribution in [3.63, 3.8) is 0 Å². The lowest BCUT2D eigenvalue weighted by Crippen LogP contribution is -2.37. The van der Waals surface area contributed by atoms with E-state index < -0.39 is 15.7 Å². The van der Waals surface area contributed by atoms with Crippen LogP contribution in [0.15, 0.2) is 33.7 Å². The quantitative estimate of drug-likeness (QED) is 0.556. The average Bonchev–Trinajstić information content (AvgIpc) is 2.88. The molecule has 0 unspecified atom stereocenters. The molecule has 0 spiro atoms. The number of hydrogen-bond acceptors (Lipinski definition) is 4. The van der Waals surface area contributed by atoms with Gasteiger partial charge in [0.1, 0.15) is 17.3 Å². The molecule has 0 radical (unpaired) electrons. The minimum absolute atomic E-state index is 0.133. The van der Waals surface area contributed by atoms with E-state index in [2.05, 4.69) is 15.6 Å². The minimum Gasteiger partial charge on any atom is -0.466 e. The van der Waals surface area contributed by atoms with Gasteiger partial charge < -0.3 is 15.1 Å². The van der Waals surface area contributed by atoms with Crippen LogP contribution in [-0.2, 0) is 28.7 Å². The molecule has 0 amide bonds. The molecular weight excluding hydrogens is 369 g/mol. The van der Waals surface area contributed by atoms with Crippen molar-refractivity contribution in [1.82, 2.24) is 10.6 Å². The summed E-state index contributed by atoms with van der Waals surface area (Å²) in [6, 6.07) is 6.07. The van der Waals surface area contributed by atoms with Crippen molar-refractivity contribution in [2.45, 2.75) is 39.6 Å². The van der Waals surface area contributed by atoms with Crippen LogP contribution in [0, 0.1) is 19.7 Å². The predicted molar refractivity (Wildman–Crippen MR) is 105 cm³/mol. The average molecular weight is 396 g/mol. The molecular formula is C19H26FN3O3S. The summed E-state index contributed by atoms with van der Waals surface area (Å²) >= 11 is 0. The highest BCUT2D eigenvalue weighted by Gasteiger charge is 2.11. The van der Waals surface area contributed by atoms with Crippen LogP contribution in [0.2, 0.25) is 0 Å². The van der Waals surface area contributed by atoms with Crippen molar-refractivity contribution in [3.8, 4) is 0 Å². The number of rotatable bonds is 7. The molecule has 148 valence electrons. The van der Waals surface area contributed by atoms with Gasteiger partial charge in [-0.15, -0.1) is 0 Å². The molecule has 0 aliphatic heterocycles. The van der Waals surface area contributed by atoms with Gasteiger partial charge in [0.2, 0.25) is 0 Å². The number of halogens is 1. The largest absolute Gasteiger partial charge is 0.466 e. The van der Waals surface area contributed by atoms with Gasteiger partial charge in [0.15, 0.2) is 15.8 Å². The van der Waals surface area contributed by atoms with Crippen molar-refractivity contribution >= 4 is 15.8 Å². The zero-order valence-corrected chi connectivity index (χ0v) is 16.9. The zero-order valence-electron chi connectivity index (χ0n) is 16.1. The molecule has 6 nitrogen and oxygen atoms in total. The van der Waals surface area contributed by atoms with Crippen LogP contribution in [0.25, 0.3) is 0 Å². The van der Waals surface area contributed by atoms with Crippen LogP contribution in [0.5, 0.6) is 0 Å². The molecule has 0 aliphatic carbocycles. The van der Waals surface area contributed by atoms with E-state index in [0.717, 1.165) is 23.3 Å². The number of hydrogen-bond donors (Lipinski definition) is 2. The number of nitrogens with zero attached hydrogens (tertiary/aromatic N) is 1. The number of aryl methyl sites for hydroxylation is 2. The summed E-state index contributed by atoms with van der Waals surface area (Å²) in [5.74, 6) is 1.68. The van der Waals surface area contributed by atoms with Crippen molar-refractivity contribution in [2.75, 3.05) is 12.8 Å². The summed E-state index contributed by atoms with van der Waals surface area (Å²) in [6.45, 7) is 7.09. The van der Waals surface area contributed by atoms with E-state index in [4.69, 9.17) is 4.42 Å². The summed E-state index contributed by atoms with van der Waals surface area (Å²) in [5.41, 5.74) is 2.15. The topological polar surface area (TPSA) is 83.7 Å². The fourth-order valence-corrected chi connectivity index (χ4v) is 3.55.